The third-order valence-electron chi connectivity index (χ3n) is 2.19. The van der Waals surface area contributed by atoms with Crippen LogP contribution in [0.25, 0.3) is 0 Å². The van der Waals surface area contributed by atoms with Crippen LogP contribution in [0.5, 0.6) is 5.75 Å². The minimum Gasteiger partial charge on any atom is -0.494 e. The molecule has 3 nitrogen and oxygen atoms in total. The Balaban J connectivity index is 2.91. The van der Waals surface area contributed by atoms with Crippen molar-refractivity contribution in [1.29, 1.82) is 0 Å². The van der Waals surface area contributed by atoms with Gasteiger partial charge in [-0.15, -0.1) is 0 Å². The summed E-state index contributed by atoms with van der Waals surface area (Å²) in [5.74, 6) is -2.84. The molecule has 0 amide bonds. The van der Waals surface area contributed by atoms with E-state index in [0.717, 1.165) is 0 Å². The summed E-state index contributed by atoms with van der Waals surface area (Å²) in [5, 5.41) is 8.54. The molecular formula is C11H15F2NO2. The Labute approximate surface area is 92.8 Å². The third-order valence-corrected chi connectivity index (χ3v) is 2.19. The van der Waals surface area contributed by atoms with Crippen molar-refractivity contribution in [2.75, 3.05) is 13.2 Å². The standard InChI is InChI=1S/C11H15F2NO2/c1-2-16-9-5-3-4-8(6-9)10(14)11(12,13)7-15/h3-6,10,15H,2,7,14H2,1H3/t10-/m0/s1. The van der Waals surface area contributed by atoms with Gasteiger partial charge >= 0.3 is 0 Å². The molecule has 16 heavy (non-hydrogen) atoms. The maximum Gasteiger partial charge on any atom is 0.289 e. The van der Waals surface area contributed by atoms with E-state index in [1.54, 1.807) is 19.1 Å². The van der Waals surface area contributed by atoms with Crippen LogP contribution in [0.3, 0.4) is 0 Å². The summed E-state index contributed by atoms with van der Waals surface area (Å²) in [6.07, 6.45) is 0. The quantitative estimate of drug-likeness (QED) is 0.811. The molecule has 0 aliphatic heterocycles. The van der Waals surface area contributed by atoms with Gasteiger partial charge in [-0.1, -0.05) is 12.1 Å². The van der Waals surface area contributed by atoms with E-state index < -0.39 is 18.6 Å². The Morgan fingerprint density at radius 1 is 1.50 bits per heavy atom. The molecule has 0 saturated heterocycles. The number of hydrogen-bond acceptors (Lipinski definition) is 3. The smallest absolute Gasteiger partial charge is 0.289 e. The number of rotatable bonds is 5. The molecule has 1 aromatic carbocycles. The molecule has 5 heteroatoms. The second-order valence-electron chi connectivity index (χ2n) is 3.40. The van der Waals surface area contributed by atoms with E-state index in [-0.39, 0.29) is 5.56 Å². The molecule has 0 aliphatic carbocycles. The number of aliphatic hydroxyl groups excluding tert-OH is 1. The average molecular weight is 231 g/mol. The maximum absolute atomic E-state index is 13.1. The zero-order valence-electron chi connectivity index (χ0n) is 8.99. The van der Waals surface area contributed by atoms with Gasteiger partial charge in [-0.3, -0.25) is 0 Å². The lowest BCUT2D eigenvalue weighted by molar-refractivity contribution is -0.0712. The maximum atomic E-state index is 13.1. The molecule has 0 bridgehead atoms. The molecule has 0 heterocycles. The Morgan fingerprint density at radius 2 is 2.19 bits per heavy atom. The van der Waals surface area contributed by atoms with Gasteiger partial charge < -0.3 is 15.6 Å². The van der Waals surface area contributed by atoms with Gasteiger partial charge in [0.2, 0.25) is 0 Å². The lowest BCUT2D eigenvalue weighted by Gasteiger charge is -2.22. The van der Waals surface area contributed by atoms with Crippen LogP contribution in [0.2, 0.25) is 0 Å². The van der Waals surface area contributed by atoms with Crippen LogP contribution in [-0.2, 0) is 0 Å². The monoisotopic (exact) mass is 231 g/mol. The second kappa shape index (κ2) is 5.23. The molecule has 0 aliphatic rings. The summed E-state index contributed by atoms with van der Waals surface area (Å²) in [4.78, 5) is 0. The fourth-order valence-corrected chi connectivity index (χ4v) is 1.31. The Hall–Kier alpha value is -1.20. The van der Waals surface area contributed by atoms with E-state index in [1.807, 2.05) is 0 Å². The van der Waals surface area contributed by atoms with Crippen LogP contribution >= 0.6 is 0 Å². The van der Waals surface area contributed by atoms with E-state index in [9.17, 15) is 8.78 Å². The summed E-state index contributed by atoms with van der Waals surface area (Å²) in [6, 6.07) is 4.66. The molecule has 0 radical (unpaired) electrons. The summed E-state index contributed by atoms with van der Waals surface area (Å²) in [6.45, 7) is 0.983. The van der Waals surface area contributed by atoms with E-state index in [1.165, 1.54) is 12.1 Å². The number of benzene rings is 1. The predicted molar refractivity (Wildman–Crippen MR) is 56.6 cm³/mol. The van der Waals surface area contributed by atoms with Gasteiger partial charge in [0.05, 0.1) is 12.6 Å². The number of alkyl halides is 2. The molecule has 0 fully saturated rings. The first-order valence-corrected chi connectivity index (χ1v) is 4.98. The van der Waals surface area contributed by atoms with Crippen LogP contribution in [0, 0.1) is 0 Å². The first-order chi connectivity index (χ1) is 7.51. The lowest BCUT2D eigenvalue weighted by Crippen LogP contribution is -2.36. The van der Waals surface area contributed by atoms with Gasteiger partial charge in [-0.2, -0.15) is 0 Å². The van der Waals surface area contributed by atoms with Crippen molar-refractivity contribution >= 4 is 0 Å². The van der Waals surface area contributed by atoms with Crippen LogP contribution in [0.1, 0.15) is 18.5 Å². The molecule has 1 rings (SSSR count). The van der Waals surface area contributed by atoms with Crippen molar-refractivity contribution in [2.24, 2.45) is 5.73 Å². The largest absolute Gasteiger partial charge is 0.494 e. The minimum absolute atomic E-state index is 0.241. The number of ether oxygens (including phenoxy) is 1. The van der Waals surface area contributed by atoms with Crippen LogP contribution in [-0.4, -0.2) is 24.2 Å². The van der Waals surface area contributed by atoms with Crippen LogP contribution in [0.4, 0.5) is 8.78 Å². The molecule has 0 spiro atoms. The van der Waals surface area contributed by atoms with Crippen molar-refractivity contribution in [1.82, 2.24) is 0 Å². The highest BCUT2D eigenvalue weighted by atomic mass is 19.3. The molecule has 0 unspecified atom stereocenters. The normalized spacial score (nSPS) is 13.6. The van der Waals surface area contributed by atoms with E-state index in [2.05, 4.69) is 0 Å². The molecule has 1 atom stereocenters. The molecule has 3 N–H and O–H groups in total. The zero-order valence-corrected chi connectivity index (χ0v) is 8.99. The molecule has 90 valence electrons. The Bertz CT molecular complexity index is 345. The number of hydrogen-bond donors (Lipinski definition) is 2. The highest BCUT2D eigenvalue weighted by Crippen LogP contribution is 2.30. The minimum atomic E-state index is -3.33. The van der Waals surface area contributed by atoms with E-state index in [4.69, 9.17) is 15.6 Å². The van der Waals surface area contributed by atoms with Gasteiger partial charge in [-0.25, -0.2) is 8.78 Å². The van der Waals surface area contributed by atoms with Crippen LogP contribution in [0.15, 0.2) is 24.3 Å². The Morgan fingerprint density at radius 3 is 2.75 bits per heavy atom. The van der Waals surface area contributed by atoms with Gasteiger partial charge in [0.1, 0.15) is 12.4 Å². The summed E-state index contributed by atoms with van der Waals surface area (Å²) >= 11 is 0. The fraction of sp³-hybridized carbons (Fsp3) is 0.455. The summed E-state index contributed by atoms with van der Waals surface area (Å²) in [7, 11) is 0. The topological polar surface area (TPSA) is 55.5 Å². The molecule has 0 aromatic heterocycles. The van der Waals surface area contributed by atoms with Crippen molar-refractivity contribution < 1.29 is 18.6 Å². The SMILES string of the molecule is CCOc1cccc([C@H](N)C(F)(F)CO)c1. The summed E-state index contributed by atoms with van der Waals surface area (Å²) in [5.41, 5.74) is 5.62. The van der Waals surface area contributed by atoms with Crippen molar-refractivity contribution in [3.8, 4) is 5.75 Å². The summed E-state index contributed by atoms with van der Waals surface area (Å²) < 4.78 is 31.4. The fourth-order valence-electron chi connectivity index (χ4n) is 1.31. The number of aliphatic hydroxyl groups is 1. The van der Waals surface area contributed by atoms with Crippen molar-refractivity contribution in [3.63, 3.8) is 0 Å². The van der Waals surface area contributed by atoms with Gasteiger partial charge in [-0.05, 0) is 24.6 Å². The van der Waals surface area contributed by atoms with Crippen molar-refractivity contribution in [2.45, 2.75) is 18.9 Å². The second-order valence-corrected chi connectivity index (χ2v) is 3.40. The highest BCUT2D eigenvalue weighted by Gasteiger charge is 2.37. The molecule has 0 saturated carbocycles. The van der Waals surface area contributed by atoms with E-state index in [0.29, 0.717) is 12.4 Å². The van der Waals surface area contributed by atoms with Crippen molar-refractivity contribution in [3.05, 3.63) is 29.8 Å². The zero-order chi connectivity index (χ0) is 12.2. The van der Waals surface area contributed by atoms with Gasteiger partial charge in [0.15, 0.2) is 0 Å². The Kier molecular flexibility index (Phi) is 4.20. The number of nitrogens with two attached hydrogens (primary N) is 1. The van der Waals surface area contributed by atoms with Crippen LogP contribution < -0.4 is 10.5 Å². The lowest BCUT2D eigenvalue weighted by atomic mass is 10.0. The third kappa shape index (κ3) is 2.90. The first kappa shape index (κ1) is 12.9. The predicted octanol–water partition coefficient (Wildman–Crippen LogP) is 1.71. The first-order valence-electron chi connectivity index (χ1n) is 4.98. The number of halogens is 2. The van der Waals surface area contributed by atoms with Gasteiger partial charge in [0.25, 0.3) is 5.92 Å². The highest BCUT2D eigenvalue weighted by molar-refractivity contribution is 5.31. The van der Waals surface area contributed by atoms with E-state index >= 15 is 0 Å². The average Bonchev–Trinajstić information content (AvgIpc) is 2.29. The van der Waals surface area contributed by atoms with Gasteiger partial charge in [0, 0.05) is 0 Å². The molecular weight excluding hydrogens is 216 g/mol. The molecule has 1 aromatic rings.